The van der Waals surface area contributed by atoms with Crippen LogP contribution in [0.5, 0.6) is 0 Å². The normalized spacial score (nSPS) is 12.1. The second kappa shape index (κ2) is 14.0. The molecule has 1 N–H and O–H groups in total. The van der Waals surface area contributed by atoms with Gasteiger partial charge in [0.1, 0.15) is 0 Å². The highest BCUT2D eigenvalue weighted by molar-refractivity contribution is 6.16. The number of allylic oxidation sites excluding steroid dienone is 4. The minimum Gasteiger partial charge on any atom is -0.309 e. The Bertz CT molecular complexity index is 3440. The smallest absolute Gasteiger partial charge is 0.0730 e. The van der Waals surface area contributed by atoms with Gasteiger partial charge in [0, 0.05) is 56.5 Å². The number of nitrogens with one attached hydrogen (secondary N) is 1. The van der Waals surface area contributed by atoms with Crippen LogP contribution in [-0.4, -0.2) is 25.2 Å². The molecule has 0 amide bonds. The van der Waals surface area contributed by atoms with Crippen LogP contribution in [0.4, 0.5) is 0 Å². The second-order valence-electron chi connectivity index (χ2n) is 14.5. The molecule has 5 heterocycles. The van der Waals surface area contributed by atoms with E-state index in [-0.39, 0.29) is 0 Å². The molecule has 0 radical (unpaired) electrons. The average molecular weight is 744 g/mol. The van der Waals surface area contributed by atoms with E-state index in [9.17, 15) is 0 Å². The Morgan fingerprint density at radius 1 is 0.621 bits per heavy atom. The third-order valence-corrected chi connectivity index (χ3v) is 11.1. The van der Waals surface area contributed by atoms with E-state index in [0.717, 1.165) is 82.8 Å². The van der Waals surface area contributed by atoms with E-state index in [0.29, 0.717) is 0 Å². The minimum absolute atomic E-state index is 0.833. The number of benzene rings is 5. The van der Waals surface area contributed by atoms with Crippen LogP contribution in [0.3, 0.4) is 0 Å². The van der Waals surface area contributed by atoms with Crippen molar-refractivity contribution in [3.63, 3.8) is 0 Å². The van der Waals surface area contributed by atoms with Crippen molar-refractivity contribution in [3.8, 4) is 39.3 Å². The number of hydrogen-bond acceptors (Lipinski definition) is 3. The lowest BCUT2D eigenvalue weighted by atomic mass is 10.0. The van der Waals surface area contributed by atoms with Crippen molar-refractivity contribution < 1.29 is 0 Å². The molecule has 5 aromatic carbocycles. The van der Waals surface area contributed by atoms with Crippen LogP contribution in [-0.2, 0) is 0 Å². The number of hydrogen-bond donors (Lipinski definition) is 1. The Morgan fingerprint density at radius 3 is 1.98 bits per heavy atom. The van der Waals surface area contributed by atoms with Gasteiger partial charge in [-0.25, -0.2) is 4.98 Å². The Hall–Kier alpha value is -7.89. The molecule has 58 heavy (non-hydrogen) atoms. The molecule has 10 aromatic rings. The molecule has 0 unspecified atom stereocenters. The van der Waals surface area contributed by atoms with E-state index < -0.39 is 0 Å². The topological polar surface area (TPSA) is 59.0 Å². The van der Waals surface area contributed by atoms with Crippen molar-refractivity contribution in [2.24, 2.45) is 0 Å². The van der Waals surface area contributed by atoms with Gasteiger partial charge in [0.15, 0.2) is 0 Å². The fraction of sp³-hybridized carbons (Fsp3) is 0. The average Bonchev–Trinajstić information content (AvgIpc) is 3.79. The fourth-order valence-corrected chi connectivity index (χ4v) is 8.36. The van der Waals surface area contributed by atoms with E-state index in [4.69, 9.17) is 10.4 Å². The first-order chi connectivity index (χ1) is 28.5. The molecule has 0 saturated heterocycles. The standard InChI is InChI=1S/C53H37N5/c1-4-11-49-35(3)46-28-41-29-52-45-16-6-5-14-43(45)44-15-7-8-17-50(44)58(52)51(41)32-53(46)57(49)42-30-47(38-22-18-36(19-23-38)34(2)12-9-26-54)56-48(31-42)39-24-20-37(21-25-39)40-13-10-27-55-33-40/h4-33,54H,1-3H2/b12-9-,49-11+,54-26?. The second-order valence-corrected chi connectivity index (χ2v) is 14.5. The molecule has 5 aromatic heterocycles. The van der Waals surface area contributed by atoms with Crippen molar-refractivity contribution in [1.29, 1.82) is 5.41 Å². The summed E-state index contributed by atoms with van der Waals surface area (Å²) in [5, 5.41) is 15.2. The van der Waals surface area contributed by atoms with Crippen LogP contribution >= 0.6 is 0 Å². The molecule has 0 aliphatic rings. The van der Waals surface area contributed by atoms with Crippen LogP contribution in [0.25, 0.3) is 107 Å². The van der Waals surface area contributed by atoms with Gasteiger partial charge in [0.05, 0.1) is 44.5 Å². The predicted octanol–water partition coefficient (Wildman–Crippen LogP) is 11.7. The summed E-state index contributed by atoms with van der Waals surface area (Å²) in [5.41, 5.74) is 13.1. The molecule has 0 bridgehead atoms. The number of nitrogens with zero attached hydrogens (tertiary/aromatic N) is 4. The van der Waals surface area contributed by atoms with Crippen LogP contribution in [0.1, 0.15) is 5.56 Å². The molecular weight excluding hydrogens is 707 g/mol. The van der Waals surface area contributed by atoms with Crippen molar-refractivity contribution in [2.45, 2.75) is 0 Å². The molecular formula is C53H37N5. The van der Waals surface area contributed by atoms with Gasteiger partial charge in [0.2, 0.25) is 0 Å². The van der Waals surface area contributed by atoms with Crippen molar-refractivity contribution >= 4 is 73.4 Å². The van der Waals surface area contributed by atoms with E-state index in [2.05, 4.69) is 167 Å². The number of aromatic nitrogens is 4. The summed E-state index contributed by atoms with van der Waals surface area (Å²) >= 11 is 0. The zero-order chi connectivity index (χ0) is 39.3. The summed E-state index contributed by atoms with van der Waals surface area (Å²) in [6, 6.07) is 49.4. The number of rotatable bonds is 8. The first-order valence-electron chi connectivity index (χ1n) is 19.2. The molecule has 0 aliphatic heterocycles. The molecule has 0 aliphatic carbocycles. The summed E-state index contributed by atoms with van der Waals surface area (Å²) in [5.74, 6) is 0. The van der Waals surface area contributed by atoms with Gasteiger partial charge in [-0.1, -0.05) is 129 Å². The molecule has 0 spiro atoms. The lowest BCUT2D eigenvalue weighted by Crippen LogP contribution is -2.27. The summed E-state index contributed by atoms with van der Waals surface area (Å²) < 4.78 is 4.71. The molecule has 5 heteroatoms. The van der Waals surface area contributed by atoms with Crippen LogP contribution in [0, 0.1) is 5.41 Å². The molecule has 5 nitrogen and oxygen atoms in total. The van der Waals surface area contributed by atoms with Gasteiger partial charge in [-0.2, -0.15) is 0 Å². The monoisotopic (exact) mass is 743 g/mol. The Morgan fingerprint density at radius 2 is 1.29 bits per heavy atom. The van der Waals surface area contributed by atoms with Crippen molar-refractivity contribution in [3.05, 3.63) is 199 Å². The van der Waals surface area contributed by atoms with Crippen LogP contribution in [0.15, 0.2) is 183 Å². The number of pyridine rings is 3. The molecule has 274 valence electrons. The van der Waals surface area contributed by atoms with Gasteiger partial charge in [-0.05, 0) is 82.3 Å². The Kier molecular flexibility index (Phi) is 8.35. The third kappa shape index (κ3) is 5.68. The van der Waals surface area contributed by atoms with Gasteiger partial charge in [-0.15, -0.1) is 0 Å². The largest absolute Gasteiger partial charge is 0.309 e. The lowest BCUT2D eigenvalue weighted by Gasteiger charge is -2.14. The highest BCUT2D eigenvalue weighted by Gasteiger charge is 2.18. The third-order valence-electron chi connectivity index (χ3n) is 11.1. The molecule has 0 saturated carbocycles. The quantitative estimate of drug-likeness (QED) is 0.0957. The summed E-state index contributed by atoms with van der Waals surface area (Å²) in [7, 11) is 0. The predicted molar refractivity (Wildman–Crippen MR) is 245 cm³/mol. The summed E-state index contributed by atoms with van der Waals surface area (Å²) in [6.45, 7) is 13.0. The Balaban J connectivity index is 1.23. The maximum absolute atomic E-state index is 7.39. The van der Waals surface area contributed by atoms with E-state index in [1.165, 1.54) is 33.4 Å². The fourth-order valence-electron chi connectivity index (χ4n) is 8.36. The van der Waals surface area contributed by atoms with E-state index in [1.54, 1.807) is 12.3 Å². The van der Waals surface area contributed by atoms with Gasteiger partial charge in [0.25, 0.3) is 0 Å². The molecule has 0 atom stereocenters. The zero-order valence-corrected chi connectivity index (χ0v) is 31.7. The number of para-hydroxylation sites is 1. The van der Waals surface area contributed by atoms with E-state index >= 15 is 0 Å². The van der Waals surface area contributed by atoms with Crippen LogP contribution < -0.4 is 10.6 Å². The highest BCUT2D eigenvalue weighted by atomic mass is 15.0. The van der Waals surface area contributed by atoms with E-state index in [1.807, 2.05) is 30.5 Å². The summed E-state index contributed by atoms with van der Waals surface area (Å²) in [4.78, 5) is 9.62. The maximum Gasteiger partial charge on any atom is 0.0730 e. The van der Waals surface area contributed by atoms with Gasteiger partial charge in [-0.3, -0.25) is 4.98 Å². The first kappa shape index (κ1) is 34.6. The lowest BCUT2D eigenvalue weighted by molar-refractivity contribution is 1.06. The van der Waals surface area contributed by atoms with Crippen molar-refractivity contribution in [1.82, 2.24) is 18.9 Å². The first-order valence-corrected chi connectivity index (χ1v) is 19.2. The highest BCUT2D eigenvalue weighted by Crippen LogP contribution is 2.36. The SMILES string of the molecule is C=C/C=c1\c(=C)c2cc3cc4c5ccccc5c5ccccc5n4c3cc2n1-c1cc(-c2ccc(C(=C)/C=C\C=N)cc2)nc(-c2ccc(-c3cccnc3)cc2)c1. The zero-order valence-electron chi connectivity index (χ0n) is 31.7. The molecule has 0 fully saturated rings. The van der Waals surface area contributed by atoms with Crippen LogP contribution in [0.2, 0.25) is 0 Å². The number of fused-ring (bicyclic) bond motifs is 9. The van der Waals surface area contributed by atoms with Gasteiger partial charge >= 0.3 is 0 Å². The summed E-state index contributed by atoms with van der Waals surface area (Å²) in [6.07, 6.45) is 12.3. The van der Waals surface area contributed by atoms with Gasteiger partial charge < -0.3 is 14.4 Å². The van der Waals surface area contributed by atoms with Crippen molar-refractivity contribution in [2.75, 3.05) is 0 Å². The minimum atomic E-state index is 0.833. The Labute approximate surface area is 335 Å². The molecule has 10 rings (SSSR count). The maximum atomic E-state index is 7.39.